The number of carbonyl (C=O) groups is 2. The highest BCUT2D eigenvalue weighted by Gasteiger charge is 2.20. The Kier molecular flexibility index (Phi) is 6.04. The van der Waals surface area contributed by atoms with Crippen molar-refractivity contribution in [3.05, 3.63) is 35.4 Å². The first-order valence-corrected chi connectivity index (χ1v) is 10.1. The molecule has 0 radical (unpaired) electrons. The molecule has 8 heteroatoms. The van der Waals surface area contributed by atoms with E-state index >= 15 is 0 Å². The van der Waals surface area contributed by atoms with Gasteiger partial charge >= 0.3 is 0 Å². The SMILES string of the molecule is CCCSc1nnc(NC(=O)c2ccc(CN3CCCC3=O)cc2)s1. The number of anilines is 1. The molecule has 1 fully saturated rings. The second-order valence-electron chi connectivity index (χ2n) is 5.79. The smallest absolute Gasteiger partial charge is 0.257 e. The Hall–Kier alpha value is -1.93. The molecule has 1 aliphatic heterocycles. The minimum Gasteiger partial charge on any atom is -0.338 e. The van der Waals surface area contributed by atoms with Gasteiger partial charge in [0.15, 0.2) is 4.34 Å². The van der Waals surface area contributed by atoms with Crippen molar-refractivity contribution < 1.29 is 9.59 Å². The normalized spacial score (nSPS) is 14.1. The monoisotopic (exact) mass is 376 g/mol. The summed E-state index contributed by atoms with van der Waals surface area (Å²) in [5.41, 5.74) is 1.59. The third-order valence-electron chi connectivity index (χ3n) is 3.82. The zero-order chi connectivity index (χ0) is 17.6. The number of hydrogen-bond acceptors (Lipinski definition) is 6. The van der Waals surface area contributed by atoms with Gasteiger partial charge in [-0.15, -0.1) is 10.2 Å². The lowest BCUT2D eigenvalue weighted by Gasteiger charge is -2.15. The Balaban J connectivity index is 1.57. The first kappa shape index (κ1) is 17.9. The average molecular weight is 377 g/mol. The summed E-state index contributed by atoms with van der Waals surface area (Å²) in [6.45, 7) is 3.53. The van der Waals surface area contributed by atoms with Crippen molar-refractivity contribution in [2.24, 2.45) is 0 Å². The summed E-state index contributed by atoms with van der Waals surface area (Å²) in [5, 5.41) is 11.4. The second-order valence-corrected chi connectivity index (χ2v) is 8.11. The van der Waals surface area contributed by atoms with Crippen LogP contribution in [0.4, 0.5) is 5.13 Å². The molecule has 2 amide bonds. The van der Waals surface area contributed by atoms with E-state index in [4.69, 9.17) is 0 Å². The van der Waals surface area contributed by atoms with Crippen LogP contribution in [0, 0.1) is 0 Å². The first-order chi connectivity index (χ1) is 12.2. The number of carbonyl (C=O) groups excluding carboxylic acids is 2. The molecule has 0 saturated carbocycles. The van der Waals surface area contributed by atoms with Crippen LogP contribution in [0.25, 0.3) is 0 Å². The Morgan fingerprint density at radius 3 is 2.80 bits per heavy atom. The van der Waals surface area contributed by atoms with Crippen LogP contribution in [-0.4, -0.2) is 39.2 Å². The third kappa shape index (κ3) is 4.79. The van der Waals surface area contributed by atoms with Gasteiger partial charge in [0.25, 0.3) is 5.91 Å². The van der Waals surface area contributed by atoms with Crippen LogP contribution in [0.2, 0.25) is 0 Å². The Morgan fingerprint density at radius 2 is 2.12 bits per heavy atom. The third-order valence-corrected chi connectivity index (χ3v) is 6.00. The van der Waals surface area contributed by atoms with E-state index in [1.165, 1.54) is 11.3 Å². The zero-order valence-electron chi connectivity index (χ0n) is 14.0. The van der Waals surface area contributed by atoms with E-state index in [9.17, 15) is 9.59 Å². The van der Waals surface area contributed by atoms with Crippen molar-refractivity contribution in [2.45, 2.75) is 37.1 Å². The number of hydrogen-bond donors (Lipinski definition) is 1. The summed E-state index contributed by atoms with van der Waals surface area (Å²) < 4.78 is 0.864. The molecule has 1 aromatic carbocycles. The van der Waals surface area contributed by atoms with Crippen LogP contribution >= 0.6 is 23.1 Å². The van der Waals surface area contributed by atoms with Crippen LogP contribution in [0.15, 0.2) is 28.6 Å². The predicted octanol–water partition coefficient (Wildman–Crippen LogP) is 3.41. The van der Waals surface area contributed by atoms with Crippen LogP contribution < -0.4 is 5.32 Å². The van der Waals surface area contributed by atoms with Crippen molar-refractivity contribution in [1.29, 1.82) is 0 Å². The fourth-order valence-corrected chi connectivity index (χ4v) is 4.20. The zero-order valence-corrected chi connectivity index (χ0v) is 15.7. The van der Waals surface area contributed by atoms with Crippen molar-refractivity contribution in [2.75, 3.05) is 17.6 Å². The highest BCUT2D eigenvalue weighted by atomic mass is 32.2. The molecule has 0 unspecified atom stereocenters. The number of amides is 2. The van der Waals surface area contributed by atoms with Gasteiger partial charge < -0.3 is 4.90 Å². The summed E-state index contributed by atoms with van der Waals surface area (Å²) in [7, 11) is 0. The molecule has 1 aliphatic rings. The van der Waals surface area contributed by atoms with Gasteiger partial charge in [0.05, 0.1) is 0 Å². The van der Waals surface area contributed by atoms with Crippen molar-refractivity contribution in [1.82, 2.24) is 15.1 Å². The number of nitrogens with zero attached hydrogens (tertiary/aromatic N) is 3. The average Bonchev–Trinajstić information content (AvgIpc) is 3.23. The van der Waals surface area contributed by atoms with Crippen molar-refractivity contribution in [3.8, 4) is 0 Å². The lowest BCUT2D eigenvalue weighted by molar-refractivity contribution is -0.128. The summed E-state index contributed by atoms with van der Waals surface area (Å²) in [4.78, 5) is 25.8. The van der Waals surface area contributed by atoms with Crippen LogP contribution in [0.5, 0.6) is 0 Å². The summed E-state index contributed by atoms with van der Waals surface area (Å²) in [5.74, 6) is 0.991. The van der Waals surface area contributed by atoms with Gasteiger partial charge in [-0.05, 0) is 30.5 Å². The molecule has 1 N–H and O–H groups in total. The summed E-state index contributed by atoms with van der Waals surface area (Å²) in [6, 6.07) is 7.34. The highest BCUT2D eigenvalue weighted by molar-refractivity contribution is 8.01. The van der Waals surface area contributed by atoms with E-state index in [1.54, 1.807) is 23.9 Å². The van der Waals surface area contributed by atoms with Gasteiger partial charge in [-0.2, -0.15) is 0 Å². The maximum atomic E-state index is 12.3. The largest absolute Gasteiger partial charge is 0.338 e. The summed E-state index contributed by atoms with van der Waals surface area (Å²) in [6.07, 6.45) is 2.64. The molecule has 6 nitrogen and oxygen atoms in total. The van der Waals surface area contributed by atoms with E-state index in [1.807, 2.05) is 17.0 Å². The molecule has 25 heavy (non-hydrogen) atoms. The maximum Gasteiger partial charge on any atom is 0.257 e. The molecule has 0 spiro atoms. The second kappa shape index (κ2) is 8.44. The molecule has 0 atom stereocenters. The minimum absolute atomic E-state index is 0.202. The quantitative estimate of drug-likeness (QED) is 0.592. The maximum absolute atomic E-state index is 12.3. The summed E-state index contributed by atoms with van der Waals surface area (Å²) >= 11 is 3.03. The molecule has 2 heterocycles. The van der Waals surface area contributed by atoms with Crippen molar-refractivity contribution in [3.63, 3.8) is 0 Å². The van der Waals surface area contributed by atoms with E-state index < -0.39 is 0 Å². The molecule has 1 saturated heterocycles. The standard InChI is InChI=1S/C17H20N4O2S2/c1-2-10-24-17-20-19-16(25-17)18-15(23)13-7-5-12(6-8-13)11-21-9-3-4-14(21)22/h5-8H,2-4,9-11H2,1H3,(H,18,19,23). The van der Waals surface area contributed by atoms with Gasteiger partial charge in [-0.25, -0.2) is 0 Å². The van der Waals surface area contributed by atoms with Crippen LogP contribution in [0.3, 0.4) is 0 Å². The molecule has 132 valence electrons. The fourth-order valence-electron chi connectivity index (χ4n) is 2.53. The van der Waals surface area contributed by atoms with E-state index in [0.717, 1.165) is 35.0 Å². The molecule has 0 bridgehead atoms. The van der Waals surface area contributed by atoms with Crippen LogP contribution in [-0.2, 0) is 11.3 Å². The first-order valence-electron chi connectivity index (χ1n) is 8.30. The van der Waals surface area contributed by atoms with Gasteiger partial charge in [-0.1, -0.05) is 42.2 Å². The topological polar surface area (TPSA) is 75.2 Å². The van der Waals surface area contributed by atoms with E-state index in [0.29, 0.717) is 23.7 Å². The minimum atomic E-state index is -0.202. The Labute approximate surface area is 155 Å². The number of aromatic nitrogens is 2. The Morgan fingerprint density at radius 1 is 1.32 bits per heavy atom. The lowest BCUT2D eigenvalue weighted by Crippen LogP contribution is -2.23. The molecule has 0 aliphatic carbocycles. The number of nitrogens with one attached hydrogen (secondary N) is 1. The molecule has 1 aromatic heterocycles. The van der Waals surface area contributed by atoms with Gasteiger partial charge in [-0.3, -0.25) is 14.9 Å². The number of benzene rings is 1. The molecular weight excluding hydrogens is 356 g/mol. The molecular formula is C17H20N4O2S2. The predicted molar refractivity (Wildman–Crippen MR) is 100.0 cm³/mol. The highest BCUT2D eigenvalue weighted by Crippen LogP contribution is 2.26. The van der Waals surface area contributed by atoms with Gasteiger partial charge in [0.2, 0.25) is 11.0 Å². The van der Waals surface area contributed by atoms with E-state index in [2.05, 4.69) is 22.4 Å². The van der Waals surface area contributed by atoms with E-state index in [-0.39, 0.29) is 11.8 Å². The number of likely N-dealkylation sites (tertiary alicyclic amines) is 1. The van der Waals surface area contributed by atoms with Crippen LogP contribution in [0.1, 0.15) is 42.1 Å². The number of rotatable bonds is 7. The lowest BCUT2D eigenvalue weighted by atomic mass is 10.1. The van der Waals surface area contributed by atoms with Gasteiger partial charge in [0.1, 0.15) is 0 Å². The molecule has 3 rings (SSSR count). The Bertz CT molecular complexity index is 745. The molecule has 2 aromatic rings. The number of thioether (sulfide) groups is 1. The van der Waals surface area contributed by atoms with Crippen molar-refractivity contribution >= 4 is 40.0 Å². The van der Waals surface area contributed by atoms with Gasteiger partial charge in [0, 0.05) is 30.8 Å². The fraction of sp³-hybridized carbons (Fsp3) is 0.412.